The number of sulfonamides is 1. The molecule has 0 atom stereocenters. The first kappa shape index (κ1) is 16.4. The second kappa shape index (κ2) is 6.87. The number of rotatable bonds is 5. The largest absolute Gasteiger partial charge is 0.336 e. The highest BCUT2D eigenvalue weighted by atomic mass is 32.2. The maximum absolute atomic E-state index is 12.7. The molecule has 3 N–H and O–H groups in total. The van der Waals surface area contributed by atoms with Gasteiger partial charge in [-0.1, -0.05) is 6.92 Å². The summed E-state index contributed by atoms with van der Waals surface area (Å²) in [5, 5.41) is 9.96. The molecule has 1 aromatic rings. The monoisotopic (exact) mass is 331 g/mol. The van der Waals surface area contributed by atoms with Crippen LogP contribution in [-0.2, 0) is 10.0 Å². The van der Waals surface area contributed by atoms with Crippen molar-refractivity contribution < 1.29 is 13.2 Å². The van der Waals surface area contributed by atoms with Crippen LogP contribution in [-0.4, -0.2) is 44.9 Å². The lowest BCUT2D eigenvalue weighted by atomic mass is 10.0. The lowest BCUT2D eigenvalue weighted by Gasteiger charge is -2.34. The Balaban J connectivity index is 2.19. The quantitative estimate of drug-likeness (QED) is 0.842. The minimum absolute atomic E-state index is 0.0348. The van der Waals surface area contributed by atoms with Crippen LogP contribution in [0.15, 0.2) is 15.7 Å². The van der Waals surface area contributed by atoms with Crippen LogP contribution in [0.2, 0.25) is 0 Å². The Morgan fingerprint density at radius 1 is 1.48 bits per heavy atom. The Hall–Kier alpha value is -0.960. The van der Waals surface area contributed by atoms with E-state index in [9.17, 15) is 13.2 Å². The van der Waals surface area contributed by atoms with Crippen molar-refractivity contribution in [2.75, 3.05) is 19.6 Å². The van der Waals surface area contributed by atoms with Gasteiger partial charge in [0.25, 0.3) is 5.91 Å². The van der Waals surface area contributed by atoms with E-state index >= 15 is 0 Å². The van der Waals surface area contributed by atoms with Crippen molar-refractivity contribution in [3.63, 3.8) is 0 Å². The lowest BCUT2D eigenvalue weighted by molar-refractivity contribution is 0.0643. The van der Waals surface area contributed by atoms with Crippen molar-refractivity contribution in [1.82, 2.24) is 10.2 Å². The van der Waals surface area contributed by atoms with Crippen molar-refractivity contribution in [3.05, 3.63) is 17.0 Å². The Morgan fingerprint density at radius 3 is 2.67 bits per heavy atom. The van der Waals surface area contributed by atoms with E-state index in [0.717, 1.165) is 43.7 Å². The molecule has 8 heteroatoms. The summed E-state index contributed by atoms with van der Waals surface area (Å²) in [6.07, 6.45) is 2.73. The number of nitrogens with two attached hydrogens (primary N) is 1. The van der Waals surface area contributed by atoms with Crippen LogP contribution < -0.4 is 10.5 Å². The van der Waals surface area contributed by atoms with Crippen LogP contribution in [0.4, 0.5) is 0 Å². The molecule has 21 heavy (non-hydrogen) atoms. The zero-order valence-electron chi connectivity index (χ0n) is 12.0. The number of thiophene rings is 1. The van der Waals surface area contributed by atoms with Gasteiger partial charge in [0.1, 0.15) is 4.21 Å². The van der Waals surface area contributed by atoms with E-state index in [1.54, 1.807) is 5.38 Å². The first-order chi connectivity index (χ1) is 9.93. The summed E-state index contributed by atoms with van der Waals surface area (Å²) in [4.78, 5) is 14.5. The second-order valence-corrected chi connectivity index (χ2v) is 7.88. The highest BCUT2D eigenvalue weighted by molar-refractivity contribution is 7.91. The highest BCUT2D eigenvalue weighted by Gasteiger charge is 2.26. The topological polar surface area (TPSA) is 92.5 Å². The molecule has 1 aromatic heterocycles. The zero-order valence-corrected chi connectivity index (χ0v) is 13.7. The molecule has 1 aliphatic heterocycles. The molecule has 1 aliphatic rings. The molecule has 0 saturated carbocycles. The number of primary sulfonamides is 1. The van der Waals surface area contributed by atoms with Crippen LogP contribution in [0.3, 0.4) is 0 Å². The van der Waals surface area contributed by atoms with Crippen LogP contribution in [0.1, 0.15) is 36.5 Å². The molecule has 2 heterocycles. The van der Waals surface area contributed by atoms with E-state index < -0.39 is 10.0 Å². The molecule has 6 nitrogen and oxygen atoms in total. The van der Waals surface area contributed by atoms with Gasteiger partial charge in [-0.05, 0) is 38.4 Å². The second-order valence-electron chi connectivity index (χ2n) is 5.18. The number of piperidine rings is 1. The van der Waals surface area contributed by atoms with Gasteiger partial charge in [0.15, 0.2) is 0 Å². The van der Waals surface area contributed by atoms with Gasteiger partial charge in [-0.15, -0.1) is 11.3 Å². The fraction of sp³-hybridized carbons (Fsp3) is 0.615. The van der Waals surface area contributed by atoms with E-state index in [1.165, 1.54) is 6.07 Å². The van der Waals surface area contributed by atoms with Crippen LogP contribution in [0.25, 0.3) is 0 Å². The SMILES string of the molecule is CCCN(C(=O)c1csc(S(N)(=O)=O)c1)C1CCNCC1. The summed E-state index contributed by atoms with van der Waals surface area (Å²) in [5.41, 5.74) is 0.413. The van der Waals surface area contributed by atoms with E-state index in [4.69, 9.17) is 5.14 Å². The van der Waals surface area contributed by atoms with Crippen molar-refractivity contribution in [3.8, 4) is 0 Å². The summed E-state index contributed by atoms with van der Waals surface area (Å²) < 4.78 is 22.7. The summed E-state index contributed by atoms with van der Waals surface area (Å²) in [5.74, 6) is -0.102. The smallest absolute Gasteiger partial charge is 0.254 e. The third kappa shape index (κ3) is 4.03. The van der Waals surface area contributed by atoms with Gasteiger partial charge in [0, 0.05) is 18.0 Å². The van der Waals surface area contributed by atoms with Gasteiger partial charge in [-0.2, -0.15) is 0 Å². The van der Waals surface area contributed by atoms with E-state index in [2.05, 4.69) is 5.32 Å². The number of nitrogens with zero attached hydrogens (tertiary/aromatic N) is 1. The molecule has 1 saturated heterocycles. The van der Waals surface area contributed by atoms with Gasteiger partial charge in [-0.3, -0.25) is 4.79 Å². The van der Waals surface area contributed by atoms with Crippen molar-refractivity contribution in [1.29, 1.82) is 0 Å². The summed E-state index contributed by atoms with van der Waals surface area (Å²) in [7, 11) is -3.74. The predicted molar refractivity (Wildman–Crippen MR) is 82.9 cm³/mol. The fourth-order valence-corrected chi connectivity index (χ4v) is 4.13. The first-order valence-corrected chi connectivity index (χ1v) is 9.49. The number of hydrogen-bond acceptors (Lipinski definition) is 5. The summed E-state index contributed by atoms with van der Waals surface area (Å²) >= 11 is 0.994. The third-order valence-corrected chi connectivity index (χ3v) is 5.96. The number of carbonyl (C=O) groups is 1. The Morgan fingerprint density at radius 2 is 2.14 bits per heavy atom. The van der Waals surface area contributed by atoms with Gasteiger partial charge >= 0.3 is 0 Å². The maximum atomic E-state index is 12.7. The van der Waals surface area contributed by atoms with E-state index in [0.29, 0.717) is 12.1 Å². The standard InChI is InChI=1S/C13H21N3O3S2/c1-2-7-16(11-3-5-15-6-4-11)13(17)10-8-12(20-9-10)21(14,18)19/h8-9,11,15H,2-7H2,1H3,(H2,14,18,19). The molecule has 0 aromatic carbocycles. The molecule has 0 bridgehead atoms. The van der Waals surface area contributed by atoms with Crippen molar-refractivity contribution >= 4 is 27.3 Å². The molecule has 1 fully saturated rings. The number of nitrogens with one attached hydrogen (secondary N) is 1. The van der Waals surface area contributed by atoms with Gasteiger partial charge in [-0.25, -0.2) is 13.6 Å². The average molecular weight is 331 g/mol. The van der Waals surface area contributed by atoms with Crippen molar-refractivity contribution in [2.24, 2.45) is 5.14 Å². The lowest BCUT2D eigenvalue weighted by Crippen LogP contribution is -2.46. The normalized spacial score (nSPS) is 16.9. The van der Waals surface area contributed by atoms with Gasteiger partial charge in [0.2, 0.25) is 10.0 Å². The van der Waals surface area contributed by atoms with Gasteiger partial charge in [0.05, 0.1) is 5.56 Å². The molecule has 2 rings (SSSR count). The number of amides is 1. The van der Waals surface area contributed by atoms with Crippen LogP contribution >= 0.6 is 11.3 Å². The molecule has 0 aliphatic carbocycles. The Kier molecular flexibility index (Phi) is 5.37. The fourth-order valence-electron chi connectivity index (χ4n) is 2.55. The zero-order chi connectivity index (χ0) is 15.5. The summed E-state index contributed by atoms with van der Waals surface area (Å²) in [6, 6.07) is 1.60. The van der Waals surface area contributed by atoms with E-state index in [1.807, 2.05) is 11.8 Å². The number of hydrogen-bond donors (Lipinski definition) is 2. The predicted octanol–water partition coefficient (Wildman–Crippen LogP) is 1.000. The highest BCUT2D eigenvalue weighted by Crippen LogP contribution is 2.22. The number of carbonyl (C=O) groups excluding carboxylic acids is 1. The molecular formula is C13H21N3O3S2. The molecule has 0 spiro atoms. The first-order valence-electron chi connectivity index (χ1n) is 7.06. The van der Waals surface area contributed by atoms with Crippen LogP contribution in [0, 0.1) is 0 Å². The molecular weight excluding hydrogens is 310 g/mol. The molecule has 0 radical (unpaired) electrons. The Labute approximate surface area is 129 Å². The van der Waals surface area contributed by atoms with E-state index in [-0.39, 0.29) is 16.2 Å². The minimum atomic E-state index is -3.74. The average Bonchev–Trinajstić information content (AvgIpc) is 2.95. The Bertz CT molecular complexity index is 592. The van der Waals surface area contributed by atoms with Crippen molar-refractivity contribution in [2.45, 2.75) is 36.4 Å². The third-order valence-electron chi connectivity index (χ3n) is 3.58. The van der Waals surface area contributed by atoms with Crippen LogP contribution in [0.5, 0.6) is 0 Å². The molecule has 118 valence electrons. The molecule has 1 amide bonds. The molecule has 0 unspecified atom stereocenters. The maximum Gasteiger partial charge on any atom is 0.254 e. The van der Waals surface area contributed by atoms with Gasteiger partial charge < -0.3 is 10.2 Å². The summed E-state index contributed by atoms with van der Waals surface area (Å²) in [6.45, 7) is 4.53. The minimum Gasteiger partial charge on any atom is -0.336 e.